The lowest BCUT2D eigenvalue weighted by atomic mass is 10.1. The zero-order chi connectivity index (χ0) is 14.7. The van der Waals surface area contributed by atoms with Gasteiger partial charge < -0.3 is 9.47 Å². The van der Waals surface area contributed by atoms with Gasteiger partial charge in [-0.05, 0) is 19.1 Å². The molecule has 21 heavy (non-hydrogen) atoms. The highest BCUT2D eigenvalue weighted by atomic mass is 16.5. The maximum Gasteiger partial charge on any atom is 0.335 e. The van der Waals surface area contributed by atoms with E-state index in [0.29, 0.717) is 6.61 Å². The van der Waals surface area contributed by atoms with Crippen molar-refractivity contribution in [3.63, 3.8) is 0 Å². The van der Waals surface area contributed by atoms with Crippen molar-refractivity contribution < 1.29 is 14.3 Å². The Balaban J connectivity index is 1.81. The molecule has 2 atom stereocenters. The number of benzene rings is 1. The van der Waals surface area contributed by atoms with Gasteiger partial charge in [0.2, 0.25) is 0 Å². The summed E-state index contributed by atoms with van der Waals surface area (Å²) >= 11 is 0. The Morgan fingerprint density at radius 2 is 2.19 bits per heavy atom. The van der Waals surface area contributed by atoms with Crippen molar-refractivity contribution in [1.29, 1.82) is 0 Å². The molecule has 0 saturated carbocycles. The molecule has 0 spiro atoms. The molecule has 2 aromatic rings. The van der Waals surface area contributed by atoms with Crippen molar-refractivity contribution in [2.45, 2.75) is 19.1 Å². The summed E-state index contributed by atoms with van der Waals surface area (Å²) in [6.07, 6.45) is 4.33. The molecular weight excluding hydrogens is 270 g/mol. The van der Waals surface area contributed by atoms with E-state index < -0.39 is 12.1 Å². The van der Waals surface area contributed by atoms with E-state index in [1.807, 2.05) is 36.5 Å². The molecule has 6 heteroatoms. The van der Waals surface area contributed by atoms with E-state index in [-0.39, 0.29) is 5.97 Å². The minimum atomic E-state index is -0.668. The first-order valence-corrected chi connectivity index (χ1v) is 6.73. The van der Waals surface area contributed by atoms with Crippen molar-refractivity contribution in [3.05, 3.63) is 48.3 Å². The summed E-state index contributed by atoms with van der Waals surface area (Å²) in [5.74, 6) is -0.385. The molecule has 0 saturated heterocycles. The molecule has 0 bridgehead atoms. The van der Waals surface area contributed by atoms with Crippen LogP contribution in [0.25, 0.3) is 5.69 Å². The molecule has 2 unspecified atom stereocenters. The van der Waals surface area contributed by atoms with E-state index in [0.717, 1.165) is 11.3 Å². The number of carbonyl (C=O) groups excluding carboxylic acids is 1. The van der Waals surface area contributed by atoms with Gasteiger partial charge in [0.25, 0.3) is 0 Å². The molecule has 0 amide bonds. The minimum Gasteiger partial charge on any atom is -0.473 e. The van der Waals surface area contributed by atoms with Gasteiger partial charge in [0.15, 0.2) is 18.5 Å². The molecule has 1 aliphatic rings. The Morgan fingerprint density at radius 3 is 2.95 bits per heavy atom. The molecular formula is C15H15N3O3. The SMILES string of the molecule is CCOC(=O)C1N=COC1c1cnn(-c2ccccc2)c1. The minimum absolute atomic E-state index is 0.320. The third kappa shape index (κ3) is 2.65. The van der Waals surface area contributed by atoms with E-state index in [4.69, 9.17) is 9.47 Å². The van der Waals surface area contributed by atoms with Gasteiger partial charge in [-0.2, -0.15) is 5.10 Å². The van der Waals surface area contributed by atoms with Crippen LogP contribution in [0.15, 0.2) is 47.7 Å². The Labute approximate surface area is 122 Å². The van der Waals surface area contributed by atoms with Gasteiger partial charge in [-0.25, -0.2) is 14.5 Å². The lowest BCUT2D eigenvalue weighted by Crippen LogP contribution is -2.26. The van der Waals surface area contributed by atoms with Gasteiger partial charge >= 0.3 is 5.97 Å². The second-order valence-electron chi connectivity index (χ2n) is 4.56. The summed E-state index contributed by atoms with van der Waals surface area (Å²) in [5.41, 5.74) is 1.73. The van der Waals surface area contributed by atoms with Gasteiger partial charge in [0.05, 0.1) is 18.5 Å². The Kier molecular flexibility index (Phi) is 3.68. The summed E-state index contributed by atoms with van der Waals surface area (Å²) in [7, 11) is 0. The van der Waals surface area contributed by atoms with Crippen molar-refractivity contribution in [2.24, 2.45) is 4.99 Å². The van der Waals surface area contributed by atoms with E-state index >= 15 is 0 Å². The van der Waals surface area contributed by atoms with Gasteiger partial charge in [0.1, 0.15) is 0 Å². The average molecular weight is 285 g/mol. The fourth-order valence-corrected chi connectivity index (χ4v) is 2.20. The molecule has 0 aliphatic carbocycles. The van der Waals surface area contributed by atoms with Crippen LogP contribution in [0.4, 0.5) is 0 Å². The van der Waals surface area contributed by atoms with Crippen LogP contribution in [0.1, 0.15) is 18.6 Å². The number of nitrogens with zero attached hydrogens (tertiary/aromatic N) is 3. The number of para-hydroxylation sites is 1. The van der Waals surface area contributed by atoms with Gasteiger partial charge in [-0.15, -0.1) is 0 Å². The molecule has 6 nitrogen and oxygen atoms in total. The molecule has 3 rings (SSSR count). The predicted molar refractivity (Wildman–Crippen MR) is 76.3 cm³/mol. The molecule has 1 aromatic heterocycles. The lowest BCUT2D eigenvalue weighted by Gasteiger charge is -2.14. The summed E-state index contributed by atoms with van der Waals surface area (Å²) < 4.78 is 12.2. The van der Waals surface area contributed by atoms with E-state index in [1.165, 1.54) is 6.40 Å². The second-order valence-corrected chi connectivity index (χ2v) is 4.56. The Hall–Kier alpha value is -2.63. The molecule has 0 N–H and O–H groups in total. The lowest BCUT2D eigenvalue weighted by molar-refractivity contribution is -0.146. The highest BCUT2D eigenvalue weighted by molar-refractivity contribution is 5.80. The van der Waals surface area contributed by atoms with Gasteiger partial charge in [-0.3, -0.25) is 0 Å². The van der Waals surface area contributed by atoms with E-state index in [1.54, 1.807) is 17.8 Å². The molecule has 108 valence electrons. The number of aromatic nitrogens is 2. The monoisotopic (exact) mass is 285 g/mol. The van der Waals surface area contributed by atoms with Crippen molar-refractivity contribution in [3.8, 4) is 5.69 Å². The van der Waals surface area contributed by atoms with Crippen LogP contribution in [0.2, 0.25) is 0 Å². The molecule has 1 aliphatic heterocycles. The highest BCUT2D eigenvalue weighted by Crippen LogP contribution is 2.28. The van der Waals surface area contributed by atoms with Crippen molar-refractivity contribution >= 4 is 12.4 Å². The van der Waals surface area contributed by atoms with Crippen LogP contribution >= 0.6 is 0 Å². The number of aliphatic imine (C=N–C) groups is 1. The fourth-order valence-electron chi connectivity index (χ4n) is 2.20. The average Bonchev–Trinajstić information content (AvgIpc) is 3.17. The quantitative estimate of drug-likeness (QED) is 0.805. The zero-order valence-corrected chi connectivity index (χ0v) is 11.5. The second kappa shape index (κ2) is 5.78. The molecule has 1 aromatic carbocycles. The van der Waals surface area contributed by atoms with Crippen LogP contribution in [0.3, 0.4) is 0 Å². The first-order valence-electron chi connectivity index (χ1n) is 6.73. The first-order chi connectivity index (χ1) is 10.3. The van der Waals surface area contributed by atoms with E-state index in [9.17, 15) is 4.79 Å². The fraction of sp³-hybridized carbons (Fsp3) is 0.267. The van der Waals surface area contributed by atoms with Crippen LogP contribution < -0.4 is 0 Å². The molecule has 2 heterocycles. The number of hydrogen-bond donors (Lipinski definition) is 0. The standard InChI is InChI=1S/C15H15N3O3/c1-2-20-15(19)13-14(21-10-16-13)11-8-17-18(9-11)12-6-4-3-5-7-12/h3-10,13-14H,2H2,1H3. The van der Waals surface area contributed by atoms with Crippen LogP contribution in [0, 0.1) is 0 Å². The Morgan fingerprint density at radius 1 is 1.38 bits per heavy atom. The number of ether oxygens (including phenoxy) is 2. The summed E-state index contributed by atoms with van der Waals surface area (Å²) in [6, 6.07) is 9.05. The predicted octanol–water partition coefficient (Wildman–Crippen LogP) is 1.90. The number of carbonyl (C=O) groups is 1. The third-order valence-corrected chi connectivity index (χ3v) is 3.20. The summed E-state index contributed by atoms with van der Waals surface area (Å²) in [6.45, 7) is 2.08. The number of esters is 1. The van der Waals surface area contributed by atoms with Crippen LogP contribution in [-0.2, 0) is 14.3 Å². The van der Waals surface area contributed by atoms with Crippen molar-refractivity contribution in [2.75, 3.05) is 6.61 Å². The van der Waals surface area contributed by atoms with E-state index in [2.05, 4.69) is 10.1 Å². The normalized spacial score (nSPS) is 20.2. The summed E-state index contributed by atoms with van der Waals surface area (Å²) in [4.78, 5) is 15.9. The number of rotatable bonds is 4. The highest BCUT2D eigenvalue weighted by Gasteiger charge is 2.36. The molecule has 0 fully saturated rings. The van der Waals surface area contributed by atoms with Gasteiger partial charge in [-0.1, -0.05) is 18.2 Å². The van der Waals surface area contributed by atoms with Crippen LogP contribution in [0.5, 0.6) is 0 Å². The number of hydrogen-bond acceptors (Lipinski definition) is 5. The summed E-state index contributed by atoms with van der Waals surface area (Å²) in [5, 5.41) is 4.30. The third-order valence-electron chi connectivity index (χ3n) is 3.20. The Bertz CT molecular complexity index is 651. The largest absolute Gasteiger partial charge is 0.473 e. The van der Waals surface area contributed by atoms with Crippen molar-refractivity contribution in [1.82, 2.24) is 9.78 Å². The maximum atomic E-state index is 11.9. The first kappa shape index (κ1) is 13.4. The maximum absolute atomic E-state index is 11.9. The zero-order valence-electron chi connectivity index (χ0n) is 11.5. The van der Waals surface area contributed by atoms with Gasteiger partial charge in [0, 0.05) is 11.8 Å². The topological polar surface area (TPSA) is 65.7 Å². The molecule has 0 radical (unpaired) electrons. The van der Waals surface area contributed by atoms with Crippen LogP contribution in [-0.4, -0.2) is 34.8 Å². The smallest absolute Gasteiger partial charge is 0.335 e.